The predicted molar refractivity (Wildman–Crippen MR) is 116 cm³/mol. The molecule has 0 saturated carbocycles. The van der Waals surface area contributed by atoms with Crippen LogP contribution in [0.2, 0.25) is 5.04 Å². The van der Waals surface area contributed by atoms with Gasteiger partial charge in [0.2, 0.25) is 0 Å². The quantitative estimate of drug-likeness (QED) is 0.567. The van der Waals surface area contributed by atoms with Crippen LogP contribution in [0.25, 0.3) is 0 Å². The highest BCUT2D eigenvalue weighted by molar-refractivity contribution is 6.99. The van der Waals surface area contributed by atoms with Crippen LogP contribution in [0.3, 0.4) is 0 Å². The van der Waals surface area contributed by atoms with Crippen LogP contribution in [-0.2, 0) is 9.16 Å². The van der Waals surface area contributed by atoms with Crippen molar-refractivity contribution in [2.75, 3.05) is 13.2 Å². The molecule has 0 radical (unpaired) electrons. The highest BCUT2D eigenvalue weighted by Crippen LogP contribution is 2.37. The Hall–Kier alpha value is -2.19. The van der Waals surface area contributed by atoms with E-state index in [9.17, 15) is 0 Å². The average Bonchev–Trinajstić information content (AvgIpc) is 2.70. The predicted octanol–water partition coefficient (Wildman–Crippen LogP) is 4.19. The summed E-state index contributed by atoms with van der Waals surface area (Å²) in [5.74, 6) is 0. The third-order valence-electron chi connectivity index (χ3n) is 5.46. The lowest BCUT2D eigenvalue weighted by atomic mass is 10.0. The Bertz CT molecular complexity index is 785. The van der Waals surface area contributed by atoms with Gasteiger partial charge in [-0.15, -0.1) is 0 Å². The SMILES string of the molecule is CC(C)(C)[Si](OCC1CC/C(=C/C#N)CO1)(c1ccccc1)c1ccccc1. The summed E-state index contributed by atoms with van der Waals surface area (Å²) in [6, 6.07) is 23.5. The van der Waals surface area contributed by atoms with E-state index in [1.165, 1.54) is 10.4 Å². The fraction of sp³-hybridized carbons (Fsp3) is 0.375. The Balaban J connectivity index is 1.91. The minimum absolute atomic E-state index is 0.0315. The van der Waals surface area contributed by atoms with Crippen molar-refractivity contribution in [1.29, 1.82) is 5.26 Å². The second-order valence-electron chi connectivity index (χ2n) is 8.38. The van der Waals surface area contributed by atoms with Gasteiger partial charge in [-0.3, -0.25) is 0 Å². The van der Waals surface area contributed by atoms with Crippen molar-refractivity contribution in [2.45, 2.75) is 44.8 Å². The topological polar surface area (TPSA) is 42.2 Å². The molecule has 1 aliphatic heterocycles. The van der Waals surface area contributed by atoms with Crippen LogP contribution in [0.4, 0.5) is 0 Å². The first-order valence-corrected chi connectivity index (χ1v) is 11.8. The lowest BCUT2D eigenvalue weighted by molar-refractivity contribution is 0.00801. The van der Waals surface area contributed by atoms with Gasteiger partial charge in [0.25, 0.3) is 8.32 Å². The third-order valence-corrected chi connectivity index (χ3v) is 10.5. The van der Waals surface area contributed by atoms with E-state index in [1.54, 1.807) is 6.08 Å². The third kappa shape index (κ3) is 4.28. The van der Waals surface area contributed by atoms with Gasteiger partial charge in [-0.05, 0) is 33.8 Å². The molecule has 0 N–H and O–H groups in total. The number of rotatable bonds is 5. The van der Waals surface area contributed by atoms with Gasteiger partial charge in [-0.25, -0.2) is 0 Å². The fourth-order valence-corrected chi connectivity index (χ4v) is 8.63. The zero-order chi connectivity index (χ0) is 20.0. The number of ether oxygens (including phenoxy) is 1. The molecule has 1 heterocycles. The van der Waals surface area contributed by atoms with Crippen molar-refractivity contribution in [1.82, 2.24) is 0 Å². The molecule has 4 heteroatoms. The van der Waals surface area contributed by atoms with Crippen LogP contribution >= 0.6 is 0 Å². The summed E-state index contributed by atoms with van der Waals surface area (Å²) in [4.78, 5) is 0. The van der Waals surface area contributed by atoms with Gasteiger partial charge in [-0.1, -0.05) is 81.4 Å². The Labute approximate surface area is 169 Å². The number of benzene rings is 2. The van der Waals surface area contributed by atoms with Crippen LogP contribution in [-0.4, -0.2) is 27.6 Å². The highest BCUT2D eigenvalue weighted by atomic mass is 28.4. The molecule has 1 unspecified atom stereocenters. The van der Waals surface area contributed by atoms with Gasteiger partial charge in [0.15, 0.2) is 0 Å². The summed E-state index contributed by atoms with van der Waals surface area (Å²) in [7, 11) is -2.51. The van der Waals surface area contributed by atoms with Crippen molar-refractivity contribution in [3.05, 3.63) is 72.3 Å². The molecule has 2 aromatic rings. The molecule has 3 nitrogen and oxygen atoms in total. The summed E-state index contributed by atoms with van der Waals surface area (Å²) in [5, 5.41) is 11.4. The largest absolute Gasteiger partial charge is 0.405 e. The van der Waals surface area contributed by atoms with Gasteiger partial charge in [0, 0.05) is 6.08 Å². The van der Waals surface area contributed by atoms with Crippen LogP contribution < -0.4 is 10.4 Å². The second-order valence-corrected chi connectivity index (χ2v) is 12.7. The molecule has 0 amide bonds. The first-order chi connectivity index (χ1) is 13.5. The van der Waals surface area contributed by atoms with E-state index in [0.29, 0.717) is 13.2 Å². The highest BCUT2D eigenvalue weighted by Gasteiger charge is 2.50. The molecule has 0 bridgehead atoms. The first kappa shape index (κ1) is 20.5. The Morgan fingerprint density at radius 3 is 2.07 bits per heavy atom. The molecule has 1 fully saturated rings. The van der Waals surface area contributed by atoms with E-state index in [4.69, 9.17) is 14.4 Å². The van der Waals surface area contributed by atoms with E-state index in [0.717, 1.165) is 18.4 Å². The summed E-state index contributed by atoms with van der Waals surface area (Å²) in [6.45, 7) is 7.97. The maximum atomic E-state index is 8.84. The lowest BCUT2D eigenvalue weighted by Gasteiger charge is -2.44. The maximum Gasteiger partial charge on any atom is 0.261 e. The van der Waals surface area contributed by atoms with Crippen LogP contribution in [0.5, 0.6) is 0 Å². The van der Waals surface area contributed by atoms with Crippen LogP contribution in [0.15, 0.2) is 72.3 Å². The van der Waals surface area contributed by atoms with Gasteiger partial charge < -0.3 is 9.16 Å². The van der Waals surface area contributed by atoms with Crippen molar-refractivity contribution in [2.24, 2.45) is 0 Å². The molecule has 1 aliphatic rings. The monoisotopic (exact) mass is 391 g/mol. The van der Waals surface area contributed by atoms with E-state index in [-0.39, 0.29) is 11.1 Å². The minimum atomic E-state index is -2.51. The van der Waals surface area contributed by atoms with Gasteiger partial charge >= 0.3 is 0 Å². The normalized spacial score (nSPS) is 19.4. The molecule has 0 aliphatic carbocycles. The number of allylic oxidation sites excluding steroid dienone is 1. The fourth-order valence-electron chi connectivity index (χ4n) is 4.04. The smallest absolute Gasteiger partial charge is 0.261 e. The Kier molecular flexibility index (Phi) is 6.51. The maximum absolute atomic E-state index is 8.84. The zero-order valence-corrected chi connectivity index (χ0v) is 18.0. The molecule has 28 heavy (non-hydrogen) atoms. The molecule has 0 aromatic heterocycles. The molecule has 0 spiro atoms. The Morgan fingerprint density at radius 2 is 1.64 bits per heavy atom. The number of hydrogen-bond acceptors (Lipinski definition) is 3. The summed E-state index contributed by atoms with van der Waals surface area (Å²) >= 11 is 0. The van der Waals surface area contributed by atoms with Crippen molar-refractivity contribution >= 4 is 18.7 Å². The molecule has 2 aromatic carbocycles. The molecule has 146 valence electrons. The van der Waals surface area contributed by atoms with E-state index in [1.807, 2.05) is 0 Å². The minimum Gasteiger partial charge on any atom is -0.405 e. The summed E-state index contributed by atoms with van der Waals surface area (Å²) < 4.78 is 12.9. The second kappa shape index (κ2) is 8.87. The van der Waals surface area contributed by atoms with Crippen molar-refractivity contribution in [3.63, 3.8) is 0 Å². The number of nitriles is 1. The van der Waals surface area contributed by atoms with Crippen molar-refractivity contribution in [3.8, 4) is 6.07 Å². The average molecular weight is 392 g/mol. The summed E-state index contributed by atoms with van der Waals surface area (Å²) in [5.41, 5.74) is 1.07. The van der Waals surface area contributed by atoms with Crippen LogP contribution in [0, 0.1) is 11.3 Å². The van der Waals surface area contributed by atoms with E-state index in [2.05, 4.69) is 87.5 Å². The van der Waals surface area contributed by atoms with E-state index < -0.39 is 8.32 Å². The zero-order valence-electron chi connectivity index (χ0n) is 17.0. The molecule has 1 saturated heterocycles. The molecular formula is C24H29NO2Si. The number of nitrogens with zero attached hydrogens (tertiary/aromatic N) is 1. The van der Waals surface area contributed by atoms with Gasteiger partial charge in [0.1, 0.15) is 0 Å². The summed E-state index contributed by atoms with van der Waals surface area (Å²) in [6.07, 6.45) is 3.48. The number of hydrogen-bond donors (Lipinski definition) is 0. The molecule has 3 rings (SSSR count). The first-order valence-electron chi connectivity index (χ1n) is 9.91. The van der Waals surface area contributed by atoms with Crippen molar-refractivity contribution < 1.29 is 9.16 Å². The Morgan fingerprint density at radius 1 is 1.07 bits per heavy atom. The standard InChI is InChI=1S/C24H29NO2Si/c1-24(2,3)28(22-10-6-4-7-11-22,23-12-8-5-9-13-23)27-19-21-15-14-20(16-17-25)18-26-21/h4-13,16,21H,14-15,18-19H2,1-3H3/b20-16-. The molecular weight excluding hydrogens is 362 g/mol. The van der Waals surface area contributed by atoms with Crippen LogP contribution in [0.1, 0.15) is 33.6 Å². The van der Waals surface area contributed by atoms with Gasteiger partial charge in [-0.2, -0.15) is 5.26 Å². The molecule has 1 atom stereocenters. The van der Waals surface area contributed by atoms with E-state index >= 15 is 0 Å². The van der Waals surface area contributed by atoms with Gasteiger partial charge in [0.05, 0.1) is 25.4 Å². The lowest BCUT2D eigenvalue weighted by Crippen LogP contribution is -2.67.